The van der Waals surface area contributed by atoms with Gasteiger partial charge in [0.25, 0.3) is 10.1 Å². The highest BCUT2D eigenvalue weighted by molar-refractivity contribution is 7.85. The predicted molar refractivity (Wildman–Crippen MR) is 134 cm³/mol. The average molecular weight is 507 g/mol. The molecule has 8 nitrogen and oxygen atoms in total. The van der Waals surface area contributed by atoms with Gasteiger partial charge in [0, 0.05) is 6.42 Å². The molecule has 0 saturated heterocycles. The monoisotopic (exact) mass is 506 g/mol. The molecule has 0 spiro atoms. The van der Waals surface area contributed by atoms with E-state index in [1.807, 2.05) is 31.2 Å². The van der Waals surface area contributed by atoms with Crippen LogP contribution in [0.4, 0.5) is 0 Å². The molecule has 0 saturated carbocycles. The third-order valence-corrected chi connectivity index (χ3v) is 5.81. The molecule has 3 rings (SSSR count). The molecule has 9 heteroatoms. The zero-order valence-electron chi connectivity index (χ0n) is 19.9. The Bertz CT molecular complexity index is 1090. The quantitative estimate of drug-likeness (QED) is 0.239. The van der Waals surface area contributed by atoms with E-state index >= 15 is 0 Å². The number of benzene rings is 3. The van der Waals surface area contributed by atoms with Gasteiger partial charge in [-0.1, -0.05) is 60.2 Å². The molecule has 0 aliphatic carbocycles. The Morgan fingerprint density at radius 3 is 2.06 bits per heavy atom. The minimum atomic E-state index is -4.02. The first-order valence-corrected chi connectivity index (χ1v) is 12.8. The smallest absolute Gasteiger partial charge is 0.294 e. The van der Waals surface area contributed by atoms with Gasteiger partial charge in [0.15, 0.2) is 0 Å². The molecular weight excluding hydrogens is 472 g/mol. The lowest BCUT2D eigenvalue weighted by Crippen LogP contribution is -2.20. The SMILES string of the molecule is Cc1ccc(S(=O)(=O)O)cc1.OCCOCCOCCOCC(O)Cc1cccc2ccccc12. The topological polar surface area (TPSA) is 123 Å². The highest BCUT2D eigenvalue weighted by atomic mass is 32.2. The molecule has 0 bridgehead atoms. The number of fused-ring (bicyclic) bond motifs is 1. The summed E-state index contributed by atoms with van der Waals surface area (Å²) in [5.74, 6) is 0. The van der Waals surface area contributed by atoms with Crippen LogP contribution < -0.4 is 0 Å². The second-order valence-corrected chi connectivity index (χ2v) is 9.23. The summed E-state index contributed by atoms with van der Waals surface area (Å²) in [6, 6.07) is 20.3. The molecule has 0 heterocycles. The van der Waals surface area contributed by atoms with Gasteiger partial charge >= 0.3 is 0 Å². The van der Waals surface area contributed by atoms with Crippen LogP contribution in [0.3, 0.4) is 0 Å². The summed E-state index contributed by atoms with van der Waals surface area (Å²) in [6.45, 7) is 4.32. The first kappa shape index (κ1) is 28.9. The lowest BCUT2D eigenvalue weighted by atomic mass is 10.0. The third kappa shape index (κ3) is 11.3. The van der Waals surface area contributed by atoms with E-state index in [0.717, 1.165) is 11.1 Å². The van der Waals surface area contributed by atoms with Crippen molar-refractivity contribution in [1.29, 1.82) is 0 Å². The molecule has 192 valence electrons. The maximum absolute atomic E-state index is 10.5. The number of ether oxygens (including phenoxy) is 3. The van der Waals surface area contributed by atoms with Crippen LogP contribution in [-0.2, 0) is 30.7 Å². The van der Waals surface area contributed by atoms with Crippen LogP contribution in [0.5, 0.6) is 0 Å². The minimum Gasteiger partial charge on any atom is -0.394 e. The van der Waals surface area contributed by atoms with E-state index in [1.54, 1.807) is 12.1 Å². The Labute approximate surface area is 206 Å². The van der Waals surface area contributed by atoms with Crippen LogP contribution in [0.25, 0.3) is 10.8 Å². The summed E-state index contributed by atoms with van der Waals surface area (Å²) in [6.07, 6.45) is 0.0284. The van der Waals surface area contributed by atoms with Crippen molar-refractivity contribution in [3.8, 4) is 0 Å². The second kappa shape index (κ2) is 15.6. The van der Waals surface area contributed by atoms with E-state index in [0.29, 0.717) is 39.5 Å². The highest BCUT2D eigenvalue weighted by Crippen LogP contribution is 2.19. The fourth-order valence-corrected chi connectivity index (χ4v) is 3.70. The molecule has 1 unspecified atom stereocenters. The summed E-state index contributed by atoms with van der Waals surface area (Å²) in [5.41, 5.74) is 2.08. The number of hydrogen-bond donors (Lipinski definition) is 3. The zero-order chi connectivity index (χ0) is 25.5. The normalized spacial score (nSPS) is 12.2. The number of hydrogen-bond acceptors (Lipinski definition) is 7. The van der Waals surface area contributed by atoms with Crippen molar-refractivity contribution < 1.29 is 37.4 Å². The first-order valence-electron chi connectivity index (χ1n) is 11.3. The fraction of sp³-hybridized carbons (Fsp3) is 0.385. The number of aryl methyl sites for hydroxylation is 1. The van der Waals surface area contributed by atoms with E-state index in [2.05, 4.69) is 18.2 Å². The van der Waals surface area contributed by atoms with Crippen molar-refractivity contribution in [2.24, 2.45) is 0 Å². The summed E-state index contributed by atoms with van der Waals surface area (Å²) < 4.78 is 45.4. The molecule has 0 aromatic heterocycles. The summed E-state index contributed by atoms with van der Waals surface area (Å²) in [5, 5.41) is 21.0. The van der Waals surface area contributed by atoms with Crippen molar-refractivity contribution in [2.45, 2.75) is 24.3 Å². The minimum absolute atomic E-state index is 0.0255. The molecule has 0 amide bonds. The van der Waals surface area contributed by atoms with E-state index in [1.165, 1.54) is 22.9 Å². The van der Waals surface area contributed by atoms with Crippen LogP contribution in [0.2, 0.25) is 0 Å². The molecule has 3 N–H and O–H groups in total. The Hall–Kier alpha value is -2.37. The molecule has 0 radical (unpaired) electrons. The van der Waals surface area contributed by atoms with Gasteiger partial charge in [-0.3, -0.25) is 4.55 Å². The molecule has 3 aromatic rings. The summed E-state index contributed by atoms with van der Waals surface area (Å²) in [4.78, 5) is -0.0666. The van der Waals surface area contributed by atoms with Gasteiger partial charge in [0.1, 0.15) is 0 Å². The van der Waals surface area contributed by atoms with Crippen molar-refractivity contribution in [3.05, 3.63) is 77.9 Å². The molecule has 35 heavy (non-hydrogen) atoms. The van der Waals surface area contributed by atoms with Gasteiger partial charge in [-0.25, -0.2) is 0 Å². The molecular formula is C26H34O8S. The van der Waals surface area contributed by atoms with Crippen LogP contribution in [0.1, 0.15) is 11.1 Å². The zero-order valence-corrected chi connectivity index (χ0v) is 20.7. The Morgan fingerprint density at radius 2 is 1.40 bits per heavy atom. The van der Waals surface area contributed by atoms with Gasteiger partial charge in [-0.05, 0) is 35.4 Å². The van der Waals surface area contributed by atoms with Crippen LogP contribution in [0.15, 0.2) is 71.6 Å². The maximum Gasteiger partial charge on any atom is 0.294 e. The fourth-order valence-electron chi connectivity index (χ4n) is 3.22. The van der Waals surface area contributed by atoms with E-state index < -0.39 is 16.2 Å². The highest BCUT2D eigenvalue weighted by Gasteiger charge is 2.09. The lowest BCUT2D eigenvalue weighted by Gasteiger charge is -2.13. The summed E-state index contributed by atoms with van der Waals surface area (Å²) >= 11 is 0. The number of aliphatic hydroxyl groups excluding tert-OH is 2. The van der Waals surface area contributed by atoms with Gasteiger partial charge in [-0.2, -0.15) is 8.42 Å². The summed E-state index contributed by atoms with van der Waals surface area (Å²) in [7, 11) is -4.02. The Morgan fingerprint density at radius 1 is 0.800 bits per heavy atom. The van der Waals surface area contributed by atoms with E-state index in [-0.39, 0.29) is 18.1 Å². The number of rotatable bonds is 13. The maximum atomic E-state index is 10.5. The first-order chi connectivity index (χ1) is 16.8. The molecule has 0 aliphatic rings. The standard InChI is InChI=1S/C19H26O5.C7H8O3S/c20-8-9-22-10-11-23-12-13-24-15-18(21)14-17-6-3-5-16-4-1-2-7-19(16)17;1-6-2-4-7(5-3-6)11(8,9)10/h1-7,18,20-21H,8-15H2;2-5H,1H3,(H,8,9,10). The largest absolute Gasteiger partial charge is 0.394 e. The molecule has 3 aromatic carbocycles. The van der Waals surface area contributed by atoms with E-state index in [9.17, 15) is 13.5 Å². The third-order valence-electron chi connectivity index (χ3n) is 4.94. The van der Waals surface area contributed by atoms with E-state index in [4.69, 9.17) is 23.9 Å². The van der Waals surface area contributed by atoms with Gasteiger partial charge in [0.05, 0.1) is 57.2 Å². The lowest BCUT2D eigenvalue weighted by molar-refractivity contribution is -0.0123. The molecule has 1 atom stereocenters. The average Bonchev–Trinajstić information content (AvgIpc) is 2.83. The number of aliphatic hydroxyl groups is 2. The van der Waals surface area contributed by atoms with Crippen molar-refractivity contribution in [1.82, 2.24) is 0 Å². The molecule has 0 fully saturated rings. The van der Waals surface area contributed by atoms with Crippen LogP contribution >= 0.6 is 0 Å². The van der Waals surface area contributed by atoms with Gasteiger partial charge in [-0.15, -0.1) is 0 Å². The Kier molecular flexibility index (Phi) is 12.9. The van der Waals surface area contributed by atoms with Crippen molar-refractivity contribution in [3.63, 3.8) is 0 Å². The van der Waals surface area contributed by atoms with Crippen molar-refractivity contribution >= 4 is 20.9 Å². The molecule has 0 aliphatic heterocycles. The van der Waals surface area contributed by atoms with Crippen LogP contribution in [-0.4, -0.2) is 75.5 Å². The van der Waals surface area contributed by atoms with Crippen LogP contribution in [0, 0.1) is 6.92 Å². The van der Waals surface area contributed by atoms with Gasteiger partial charge < -0.3 is 24.4 Å². The predicted octanol–water partition coefficient (Wildman–Crippen LogP) is 3.03. The van der Waals surface area contributed by atoms with Crippen molar-refractivity contribution in [2.75, 3.05) is 46.2 Å². The van der Waals surface area contributed by atoms with Gasteiger partial charge in [0.2, 0.25) is 0 Å². The Balaban J connectivity index is 0.000000328. The second-order valence-electron chi connectivity index (χ2n) is 7.81.